The summed E-state index contributed by atoms with van der Waals surface area (Å²) >= 11 is 0. The van der Waals surface area contributed by atoms with Crippen molar-refractivity contribution in [3.63, 3.8) is 0 Å². The Morgan fingerprint density at radius 3 is 2.10 bits per heavy atom. The van der Waals surface area contributed by atoms with Crippen LogP contribution >= 0.6 is 0 Å². The average molecular weight is 297 g/mol. The minimum Gasteiger partial charge on any atom is -0.480 e. The largest absolute Gasteiger partial charge is 0.480 e. The SMILES string of the molecule is CC(C)C(C(=O)O)N(C(=O)C(F)(F)F)C1CCOCC1. The second kappa shape index (κ2) is 6.43. The summed E-state index contributed by atoms with van der Waals surface area (Å²) in [6.07, 6.45) is -4.67. The predicted octanol–water partition coefficient (Wildman–Crippen LogP) is 1.67. The Labute approximate surface area is 114 Å². The zero-order valence-electron chi connectivity index (χ0n) is 11.3. The molecule has 0 aromatic carbocycles. The smallest absolute Gasteiger partial charge is 0.471 e. The van der Waals surface area contributed by atoms with Gasteiger partial charge in [-0.1, -0.05) is 13.8 Å². The fourth-order valence-electron chi connectivity index (χ4n) is 2.35. The molecule has 0 aromatic rings. The molecule has 0 aromatic heterocycles. The standard InChI is InChI=1S/C12H18F3NO4/c1-7(2)9(10(17)18)16(11(19)12(13,14)15)8-3-5-20-6-4-8/h7-9H,3-6H2,1-2H3,(H,17,18). The minimum atomic E-state index is -5.08. The van der Waals surface area contributed by atoms with E-state index in [0.717, 1.165) is 0 Å². The number of carboxylic acid groups (broad SMARTS) is 1. The number of carboxylic acids is 1. The maximum atomic E-state index is 12.7. The van der Waals surface area contributed by atoms with Crippen molar-refractivity contribution in [2.45, 2.75) is 44.9 Å². The van der Waals surface area contributed by atoms with Crippen molar-refractivity contribution in [1.82, 2.24) is 4.90 Å². The zero-order valence-corrected chi connectivity index (χ0v) is 11.3. The molecule has 20 heavy (non-hydrogen) atoms. The predicted molar refractivity (Wildman–Crippen MR) is 63.0 cm³/mol. The van der Waals surface area contributed by atoms with Crippen LogP contribution in [0, 0.1) is 5.92 Å². The molecule has 0 aliphatic carbocycles. The number of hydrogen-bond donors (Lipinski definition) is 1. The lowest BCUT2D eigenvalue weighted by molar-refractivity contribution is -0.195. The van der Waals surface area contributed by atoms with E-state index >= 15 is 0 Å². The van der Waals surface area contributed by atoms with Crippen molar-refractivity contribution >= 4 is 11.9 Å². The summed E-state index contributed by atoms with van der Waals surface area (Å²) in [5.74, 6) is -4.14. The molecule has 0 spiro atoms. The molecule has 1 N–H and O–H groups in total. The van der Waals surface area contributed by atoms with Crippen molar-refractivity contribution < 1.29 is 32.6 Å². The molecule has 0 bridgehead atoms. The van der Waals surface area contributed by atoms with Crippen LogP contribution in [-0.4, -0.2) is 53.4 Å². The molecule has 5 nitrogen and oxygen atoms in total. The molecule has 1 aliphatic heterocycles. The highest BCUT2D eigenvalue weighted by molar-refractivity contribution is 5.87. The molecule has 8 heteroatoms. The highest BCUT2D eigenvalue weighted by Crippen LogP contribution is 2.28. The van der Waals surface area contributed by atoms with Crippen LogP contribution in [0.25, 0.3) is 0 Å². The molecule has 1 unspecified atom stereocenters. The maximum absolute atomic E-state index is 12.7. The third-order valence-corrected chi connectivity index (χ3v) is 3.25. The number of ether oxygens (including phenoxy) is 1. The number of alkyl halides is 3. The van der Waals surface area contributed by atoms with Gasteiger partial charge in [0.2, 0.25) is 0 Å². The number of hydrogen-bond acceptors (Lipinski definition) is 3. The van der Waals surface area contributed by atoms with Gasteiger partial charge in [-0.15, -0.1) is 0 Å². The third-order valence-electron chi connectivity index (χ3n) is 3.25. The molecule has 1 saturated heterocycles. The number of rotatable bonds is 4. The van der Waals surface area contributed by atoms with Crippen LogP contribution < -0.4 is 0 Å². The second-order valence-electron chi connectivity index (χ2n) is 5.08. The number of halogens is 3. The van der Waals surface area contributed by atoms with Gasteiger partial charge in [-0.25, -0.2) is 4.79 Å². The van der Waals surface area contributed by atoms with E-state index in [0.29, 0.717) is 4.90 Å². The minimum absolute atomic E-state index is 0.207. The zero-order chi connectivity index (χ0) is 15.5. The van der Waals surface area contributed by atoms with Crippen LogP contribution in [0.4, 0.5) is 13.2 Å². The van der Waals surface area contributed by atoms with Gasteiger partial charge in [-0.05, 0) is 18.8 Å². The number of carbonyl (C=O) groups excluding carboxylic acids is 1. The molecule has 116 valence electrons. The Hall–Kier alpha value is -1.31. The first-order chi connectivity index (χ1) is 9.16. The van der Waals surface area contributed by atoms with E-state index < -0.39 is 36.1 Å². The molecular weight excluding hydrogens is 279 g/mol. The summed E-state index contributed by atoms with van der Waals surface area (Å²) in [4.78, 5) is 23.4. The van der Waals surface area contributed by atoms with Gasteiger partial charge in [0.05, 0.1) is 0 Å². The Morgan fingerprint density at radius 2 is 1.75 bits per heavy atom. The van der Waals surface area contributed by atoms with E-state index in [-0.39, 0.29) is 26.1 Å². The fraction of sp³-hybridized carbons (Fsp3) is 0.833. The summed E-state index contributed by atoms with van der Waals surface area (Å²) in [5.41, 5.74) is 0. The van der Waals surface area contributed by atoms with Crippen molar-refractivity contribution in [1.29, 1.82) is 0 Å². The van der Waals surface area contributed by atoms with Crippen LogP contribution in [-0.2, 0) is 14.3 Å². The molecule has 1 fully saturated rings. The van der Waals surface area contributed by atoms with Crippen molar-refractivity contribution in [2.75, 3.05) is 13.2 Å². The van der Waals surface area contributed by atoms with Crippen LogP contribution in [0.2, 0.25) is 0 Å². The molecule has 1 aliphatic rings. The summed E-state index contributed by atoms with van der Waals surface area (Å²) in [6, 6.07) is -2.26. The molecule has 0 radical (unpaired) electrons. The van der Waals surface area contributed by atoms with Gasteiger partial charge < -0.3 is 14.7 Å². The molecule has 0 saturated carbocycles. The lowest BCUT2D eigenvalue weighted by atomic mass is 9.97. The molecule has 1 rings (SSSR count). The molecule has 1 heterocycles. The lowest BCUT2D eigenvalue weighted by Crippen LogP contribution is -2.58. The fourth-order valence-corrected chi connectivity index (χ4v) is 2.35. The van der Waals surface area contributed by atoms with Gasteiger partial charge in [0, 0.05) is 19.3 Å². The quantitative estimate of drug-likeness (QED) is 0.857. The Morgan fingerprint density at radius 1 is 1.25 bits per heavy atom. The highest BCUT2D eigenvalue weighted by atomic mass is 19.4. The normalized spacial score (nSPS) is 18.9. The summed E-state index contributed by atoms with van der Waals surface area (Å²) in [6.45, 7) is 3.40. The second-order valence-corrected chi connectivity index (χ2v) is 5.08. The summed E-state index contributed by atoms with van der Waals surface area (Å²) in [5, 5.41) is 9.17. The molecular formula is C12H18F3NO4. The molecule has 1 atom stereocenters. The Bertz CT molecular complexity index is 364. The highest BCUT2D eigenvalue weighted by Gasteiger charge is 2.49. The number of aliphatic carboxylic acids is 1. The summed E-state index contributed by atoms with van der Waals surface area (Å²) < 4.78 is 43.2. The van der Waals surface area contributed by atoms with E-state index in [2.05, 4.69) is 0 Å². The third kappa shape index (κ3) is 3.84. The van der Waals surface area contributed by atoms with Crippen LogP contribution in [0.15, 0.2) is 0 Å². The van der Waals surface area contributed by atoms with E-state index in [1.807, 2.05) is 0 Å². The van der Waals surface area contributed by atoms with Crippen molar-refractivity contribution in [3.05, 3.63) is 0 Å². The van der Waals surface area contributed by atoms with Gasteiger partial charge in [0.15, 0.2) is 0 Å². The number of amides is 1. The first-order valence-electron chi connectivity index (χ1n) is 6.36. The van der Waals surface area contributed by atoms with Gasteiger partial charge >= 0.3 is 18.1 Å². The van der Waals surface area contributed by atoms with Crippen molar-refractivity contribution in [2.24, 2.45) is 5.92 Å². The average Bonchev–Trinajstić information content (AvgIpc) is 2.33. The van der Waals surface area contributed by atoms with E-state index in [1.54, 1.807) is 0 Å². The number of nitrogens with zero attached hydrogens (tertiary/aromatic N) is 1. The Kier molecular flexibility index (Phi) is 5.38. The van der Waals surface area contributed by atoms with Crippen LogP contribution in [0.3, 0.4) is 0 Å². The van der Waals surface area contributed by atoms with E-state index in [1.165, 1.54) is 13.8 Å². The maximum Gasteiger partial charge on any atom is 0.471 e. The van der Waals surface area contributed by atoms with Crippen LogP contribution in [0.1, 0.15) is 26.7 Å². The van der Waals surface area contributed by atoms with Gasteiger partial charge in [-0.3, -0.25) is 4.79 Å². The van der Waals surface area contributed by atoms with E-state index in [4.69, 9.17) is 9.84 Å². The number of carbonyl (C=O) groups is 2. The van der Waals surface area contributed by atoms with Crippen LogP contribution in [0.5, 0.6) is 0 Å². The van der Waals surface area contributed by atoms with Gasteiger partial charge in [0.1, 0.15) is 6.04 Å². The first kappa shape index (κ1) is 16.7. The Balaban J connectivity index is 3.11. The van der Waals surface area contributed by atoms with Gasteiger partial charge in [-0.2, -0.15) is 13.2 Å². The lowest BCUT2D eigenvalue weighted by Gasteiger charge is -2.39. The van der Waals surface area contributed by atoms with Crippen molar-refractivity contribution in [3.8, 4) is 0 Å². The van der Waals surface area contributed by atoms with E-state index in [9.17, 15) is 22.8 Å². The van der Waals surface area contributed by atoms with Gasteiger partial charge in [0.25, 0.3) is 0 Å². The first-order valence-corrected chi connectivity index (χ1v) is 6.36. The molecule has 1 amide bonds. The topological polar surface area (TPSA) is 66.8 Å². The summed E-state index contributed by atoms with van der Waals surface area (Å²) in [7, 11) is 0. The monoisotopic (exact) mass is 297 g/mol.